The van der Waals surface area contributed by atoms with Gasteiger partial charge in [-0.3, -0.25) is 0 Å². The van der Waals surface area contributed by atoms with Gasteiger partial charge in [0.2, 0.25) is 5.88 Å². The first-order valence-corrected chi connectivity index (χ1v) is 4.19. The summed E-state index contributed by atoms with van der Waals surface area (Å²) in [4.78, 5) is 11.9. The van der Waals surface area contributed by atoms with Crippen molar-refractivity contribution in [1.82, 2.24) is 15.0 Å². The van der Waals surface area contributed by atoms with E-state index < -0.39 is 0 Å². The van der Waals surface area contributed by atoms with E-state index in [0.717, 1.165) is 0 Å². The van der Waals surface area contributed by atoms with Crippen LogP contribution >= 0.6 is 11.3 Å². The summed E-state index contributed by atoms with van der Waals surface area (Å²) in [6.07, 6.45) is 0. The Morgan fingerprint density at radius 2 is 2.15 bits per heavy atom. The van der Waals surface area contributed by atoms with Crippen molar-refractivity contribution in [2.75, 3.05) is 12.8 Å². The van der Waals surface area contributed by atoms with Gasteiger partial charge in [-0.15, -0.1) is 0 Å². The van der Waals surface area contributed by atoms with E-state index in [9.17, 15) is 0 Å². The van der Waals surface area contributed by atoms with Crippen LogP contribution < -0.4 is 10.5 Å². The van der Waals surface area contributed by atoms with Crippen LogP contribution in [0.3, 0.4) is 0 Å². The third-order valence-electron chi connectivity index (χ3n) is 1.42. The Morgan fingerprint density at radius 3 is 2.85 bits per heavy atom. The molecule has 2 aromatic heterocycles. The summed E-state index contributed by atoms with van der Waals surface area (Å²) in [5.41, 5.74) is 5.94. The number of methoxy groups -OCH3 is 1. The fourth-order valence-corrected chi connectivity index (χ4v) is 1.64. The molecule has 68 valence electrons. The Hall–Kier alpha value is -1.63. The molecule has 13 heavy (non-hydrogen) atoms. The van der Waals surface area contributed by atoms with Crippen LogP contribution in [0, 0.1) is 0 Å². The highest BCUT2D eigenvalue weighted by molar-refractivity contribution is 7.21. The molecule has 7 heteroatoms. The molecule has 0 atom stereocenters. The minimum atomic E-state index is -0.340. The normalized spacial score (nSPS) is 10.5. The molecule has 0 unspecified atom stereocenters. The lowest BCUT2D eigenvalue weighted by atomic mass is 10.5. The zero-order chi connectivity index (χ0) is 9.42. The Balaban J connectivity index is 2.80. The number of aromatic nitrogens is 3. The summed E-state index contributed by atoms with van der Waals surface area (Å²) in [5, 5.41) is 9.46. The Labute approximate surface area is 77.0 Å². The van der Waals surface area contributed by atoms with Gasteiger partial charge in [-0.2, -0.15) is 9.97 Å². The van der Waals surface area contributed by atoms with Crippen LogP contribution in [0.15, 0.2) is 0 Å². The van der Waals surface area contributed by atoms with Gasteiger partial charge in [0.1, 0.15) is 0 Å². The van der Waals surface area contributed by atoms with Crippen molar-refractivity contribution in [1.29, 1.82) is 0 Å². The molecule has 0 aromatic carbocycles. The minimum Gasteiger partial charge on any atom is -0.479 e. The Morgan fingerprint density at radius 1 is 1.38 bits per heavy atom. The van der Waals surface area contributed by atoms with E-state index in [1.165, 1.54) is 18.4 Å². The largest absolute Gasteiger partial charge is 0.479 e. The van der Waals surface area contributed by atoms with Gasteiger partial charge in [-0.05, 0) is 0 Å². The van der Waals surface area contributed by atoms with Crippen molar-refractivity contribution in [3.63, 3.8) is 0 Å². The zero-order valence-corrected chi connectivity index (χ0v) is 7.50. The molecule has 2 aromatic rings. The number of anilines is 1. The fourth-order valence-electron chi connectivity index (χ4n) is 0.945. The van der Waals surface area contributed by atoms with Crippen molar-refractivity contribution in [3.8, 4) is 11.9 Å². The average Bonchev–Trinajstić information content (AvgIpc) is 2.43. The lowest BCUT2D eigenvalue weighted by Crippen LogP contribution is -1.91. The predicted octanol–water partition coefficient (Wildman–Crippen LogP) is 0.383. The number of rotatable bonds is 1. The van der Waals surface area contributed by atoms with E-state index in [4.69, 9.17) is 15.6 Å². The molecule has 0 fully saturated rings. The highest BCUT2D eigenvalue weighted by Crippen LogP contribution is 2.29. The standard InChI is InChI=1S/C6H6N4O2S/c1-12-3-2-4(10-6(11)9-3)13-5(7)8-2/h1H3,(H2,7,8)(H,9,10,11). The lowest BCUT2D eigenvalue weighted by Gasteiger charge is -1.97. The van der Waals surface area contributed by atoms with Crippen LogP contribution in [-0.4, -0.2) is 27.2 Å². The molecule has 0 saturated heterocycles. The van der Waals surface area contributed by atoms with Gasteiger partial charge >= 0.3 is 6.01 Å². The molecule has 0 saturated carbocycles. The molecule has 3 N–H and O–H groups in total. The number of ether oxygens (including phenoxy) is 1. The first kappa shape index (κ1) is 7.99. The van der Waals surface area contributed by atoms with Crippen molar-refractivity contribution < 1.29 is 9.84 Å². The van der Waals surface area contributed by atoms with Gasteiger partial charge in [-0.1, -0.05) is 11.3 Å². The van der Waals surface area contributed by atoms with Crippen LogP contribution in [0.25, 0.3) is 10.3 Å². The quantitative estimate of drug-likeness (QED) is 0.688. The molecule has 0 bridgehead atoms. The van der Waals surface area contributed by atoms with Crippen molar-refractivity contribution in [2.45, 2.75) is 0 Å². The third kappa shape index (κ3) is 1.22. The van der Waals surface area contributed by atoms with Crippen molar-refractivity contribution in [3.05, 3.63) is 0 Å². The molecule has 0 radical (unpaired) electrons. The summed E-state index contributed by atoms with van der Waals surface area (Å²) < 4.78 is 4.90. The van der Waals surface area contributed by atoms with Crippen molar-refractivity contribution in [2.24, 2.45) is 0 Å². The van der Waals surface area contributed by atoms with Gasteiger partial charge in [0.05, 0.1) is 7.11 Å². The monoisotopic (exact) mass is 198 g/mol. The Kier molecular flexibility index (Phi) is 1.66. The summed E-state index contributed by atoms with van der Waals surface area (Å²) >= 11 is 1.17. The summed E-state index contributed by atoms with van der Waals surface area (Å²) in [5.74, 6) is 0.232. The minimum absolute atomic E-state index is 0.232. The molecule has 6 nitrogen and oxygen atoms in total. The van der Waals surface area contributed by atoms with Crippen LogP contribution in [-0.2, 0) is 0 Å². The third-order valence-corrected chi connectivity index (χ3v) is 2.20. The maximum absolute atomic E-state index is 9.09. The molecule has 2 rings (SSSR count). The molecular formula is C6H6N4O2S. The first-order valence-electron chi connectivity index (χ1n) is 3.37. The number of nitrogens with two attached hydrogens (primary N) is 1. The number of thiazole rings is 1. The summed E-state index contributed by atoms with van der Waals surface area (Å²) in [6.45, 7) is 0. The molecule has 0 spiro atoms. The zero-order valence-electron chi connectivity index (χ0n) is 6.68. The lowest BCUT2D eigenvalue weighted by molar-refractivity contribution is 0.377. The number of hydrogen-bond donors (Lipinski definition) is 2. The SMILES string of the molecule is COc1nc(O)nc2sc(N)nc12. The topological polar surface area (TPSA) is 94.2 Å². The van der Waals surface area contributed by atoms with Gasteiger partial charge < -0.3 is 15.6 Å². The van der Waals surface area contributed by atoms with Crippen molar-refractivity contribution >= 4 is 26.8 Å². The Bertz CT molecular complexity index is 455. The van der Waals surface area contributed by atoms with E-state index in [-0.39, 0.29) is 11.9 Å². The van der Waals surface area contributed by atoms with E-state index in [2.05, 4.69) is 15.0 Å². The van der Waals surface area contributed by atoms with Crippen LogP contribution in [0.5, 0.6) is 11.9 Å². The second-order valence-corrected chi connectivity index (χ2v) is 3.25. The van der Waals surface area contributed by atoms with Gasteiger partial charge in [-0.25, -0.2) is 4.98 Å². The number of nitrogen functional groups attached to an aromatic ring is 1. The van der Waals surface area contributed by atoms with Crippen LogP contribution in [0.2, 0.25) is 0 Å². The molecule has 2 heterocycles. The highest BCUT2D eigenvalue weighted by atomic mass is 32.1. The second-order valence-electron chi connectivity index (χ2n) is 2.24. The van der Waals surface area contributed by atoms with Crippen LogP contribution in [0.1, 0.15) is 0 Å². The fraction of sp³-hybridized carbons (Fsp3) is 0.167. The smallest absolute Gasteiger partial charge is 0.318 e. The van der Waals surface area contributed by atoms with Gasteiger partial charge in [0, 0.05) is 0 Å². The summed E-state index contributed by atoms with van der Waals surface area (Å²) in [7, 11) is 1.44. The molecule has 0 aliphatic heterocycles. The first-order chi connectivity index (χ1) is 6.20. The van der Waals surface area contributed by atoms with E-state index in [0.29, 0.717) is 15.5 Å². The second kappa shape index (κ2) is 2.70. The molecule has 0 amide bonds. The van der Waals surface area contributed by atoms with Gasteiger partial charge in [0.25, 0.3) is 0 Å². The van der Waals surface area contributed by atoms with Crippen LogP contribution in [0.4, 0.5) is 5.13 Å². The maximum Gasteiger partial charge on any atom is 0.318 e. The van der Waals surface area contributed by atoms with E-state index >= 15 is 0 Å². The highest BCUT2D eigenvalue weighted by Gasteiger charge is 2.11. The van der Waals surface area contributed by atoms with Gasteiger partial charge in [0.15, 0.2) is 15.5 Å². The molecular weight excluding hydrogens is 192 g/mol. The average molecular weight is 198 g/mol. The molecule has 0 aliphatic rings. The molecule has 0 aliphatic carbocycles. The number of aromatic hydroxyl groups is 1. The number of hydrogen-bond acceptors (Lipinski definition) is 7. The van der Waals surface area contributed by atoms with E-state index in [1.54, 1.807) is 0 Å². The summed E-state index contributed by atoms with van der Waals surface area (Å²) in [6, 6.07) is -0.340. The number of fused-ring (bicyclic) bond motifs is 1. The predicted molar refractivity (Wildman–Crippen MR) is 47.8 cm³/mol. The number of nitrogens with zero attached hydrogens (tertiary/aromatic N) is 3. The maximum atomic E-state index is 9.09. The van der Waals surface area contributed by atoms with E-state index in [1.807, 2.05) is 0 Å².